The molecule has 0 spiro atoms. The number of aryl methyl sites for hydroxylation is 1. The van der Waals surface area contributed by atoms with Crippen molar-refractivity contribution in [2.75, 3.05) is 5.75 Å². The Bertz CT molecular complexity index is 557. The molecule has 0 aromatic heterocycles. The molecule has 0 fully saturated rings. The van der Waals surface area contributed by atoms with Crippen molar-refractivity contribution in [3.63, 3.8) is 0 Å². The van der Waals surface area contributed by atoms with Crippen LogP contribution in [0.4, 0.5) is 4.39 Å². The van der Waals surface area contributed by atoms with Crippen molar-refractivity contribution in [2.24, 2.45) is 5.73 Å². The maximum Gasteiger partial charge on any atom is 0.128 e. The molecule has 0 amide bonds. The Labute approximate surface area is 125 Å². The molecule has 0 aliphatic carbocycles. The lowest BCUT2D eigenvalue weighted by Crippen LogP contribution is -2.14. The van der Waals surface area contributed by atoms with E-state index in [0.29, 0.717) is 11.3 Å². The molecule has 1 nitrogen and oxygen atoms in total. The van der Waals surface area contributed by atoms with Gasteiger partial charge < -0.3 is 5.73 Å². The van der Waals surface area contributed by atoms with Gasteiger partial charge in [-0.1, -0.05) is 33.6 Å². The van der Waals surface area contributed by atoms with E-state index in [4.69, 9.17) is 5.73 Å². The van der Waals surface area contributed by atoms with E-state index in [9.17, 15) is 4.39 Å². The third-order valence-electron chi connectivity index (χ3n) is 2.79. The van der Waals surface area contributed by atoms with Crippen molar-refractivity contribution in [2.45, 2.75) is 17.9 Å². The van der Waals surface area contributed by atoms with E-state index in [1.54, 1.807) is 17.8 Å². The summed E-state index contributed by atoms with van der Waals surface area (Å²) in [6, 6.07) is 12.8. The Hall–Kier alpha value is -0.840. The molecule has 0 radical (unpaired) electrons. The molecule has 0 saturated carbocycles. The molecule has 2 rings (SSSR count). The largest absolute Gasteiger partial charge is 0.323 e. The van der Waals surface area contributed by atoms with Gasteiger partial charge >= 0.3 is 0 Å². The number of halogens is 2. The lowest BCUT2D eigenvalue weighted by Gasteiger charge is -2.13. The second-order valence-corrected chi connectivity index (χ2v) is 6.41. The number of thioether (sulfide) groups is 1. The maximum atomic E-state index is 13.7. The van der Waals surface area contributed by atoms with Crippen LogP contribution in [0.15, 0.2) is 51.8 Å². The van der Waals surface area contributed by atoms with Gasteiger partial charge in [-0.3, -0.25) is 0 Å². The van der Waals surface area contributed by atoms with E-state index in [1.807, 2.05) is 37.3 Å². The summed E-state index contributed by atoms with van der Waals surface area (Å²) in [5.74, 6) is 0.427. The summed E-state index contributed by atoms with van der Waals surface area (Å²) in [7, 11) is 0. The van der Waals surface area contributed by atoms with Gasteiger partial charge in [0.2, 0.25) is 0 Å². The predicted octanol–water partition coefficient (Wildman–Crippen LogP) is 4.69. The minimum absolute atomic E-state index is 0.227. The molecule has 2 aromatic rings. The highest BCUT2D eigenvalue weighted by Gasteiger charge is 2.12. The SMILES string of the molecule is Cc1ccc(F)c(C(N)CSc2ccc(Br)cc2)c1. The van der Waals surface area contributed by atoms with E-state index in [-0.39, 0.29) is 11.9 Å². The van der Waals surface area contributed by atoms with Gasteiger partial charge in [0.15, 0.2) is 0 Å². The van der Waals surface area contributed by atoms with Crippen LogP contribution in [0.25, 0.3) is 0 Å². The molecule has 4 heteroatoms. The van der Waals surface area contributed by atoms with Crippen LogP contribution in [0, 0.1) is 12.7 Å². The van der Waals surface area contributed by atoms with E-state index in [0.717, 1.165) is 14.9 Å². The average molecular weight is 340 g/mol. The van der Waals surface area contributed by atoms with Gasteiger partial charge in [-0.2, -0.15) is 0 Å². The van der Waals surface area contributed by atoms with Crippen molar-refractivity contribution >= 4 is 27.7 Å². The first-order valence-electron chi connectivity index (χ1n) is 5.96. The first-order valence-corrected chi connectivity index (χ1v) is 7.74. The van der Waals surface area contributed by atoms with Gasteiger partial charge in [-0.15, -0.1) is 11.8 Å². The predicted molar refractivity (Wildman–Crippen MR) is 82.9 cm³/mol. The number of benzene rings is 2. The molecular weight excluding hydrogens is 325 g/mol. The zero-order valence-electron chi connectivity index (χ0n) is 10.6. The van der Waals surface area contributed by atoms with Gasteiger partial charge in [-0.25, -0.2) is 4.39 Å². The lowest BCUT2D eigenvalue weighted by atomic mass is 10.1. The first-order chi connectivity index (χ1) is 9.06. The Kier molecular flexibility index (Phi) is 5.02. The topological polar surface area (TPSA) is 26.0 Å². The molecule has 0 bridgehead atoms. The Morgan fingerprint density at radius 3 is 2.58 bits per heavy atom. The van der Waals surface area contributed by atoms with E-state index < -0.39 is 0 Å². The number of nitrogens with two attached hydrogens (primary N) is 1. The minimum Gasteiger partial charge on any atom is -0.323 e. The minimum atomic E-state index is -0.298. The molecule has 0 saturated heterocycles. The summed E-state index contributed by atoms with van der Waals surface area (Å²) in [6.07, 6.45) is 0. The van der Waals surface area contributed by atoms with Crippen LogP contribution in [-0.2, 0) is 0 Å². The van der Waals surface area contributed by atoms with Crippen molar-refractivity contribution in [1.82, 2.24) is 0 Å². The Morgan fingerprint density at radius 2 is 1.89 bits per heavy atom. The summed E-state index contributed by atoms with van der Waals surface area (Å²) in [4.78, 5) is 1.13. The van der Waals surface area contributed by atoms with Gasteiger partial charge in [0.1, 0.15) is 5.82 Å². The van der Waals surface area contributed by atoms with Gasteiger partial charge in [0.25, 0.3) is 0 Å². The van der Waals surface area contributed by atoms with Crippen LogP contribution in [-0.4, -0.2) is 5.75 Å². The summed E-state index contributed by atoms with van der Waals surface area (Å²) in [5.41, 5.74) is 7.69. The third-order valence-corrected chi connectivity index (χ3v) is 4.45. The van der Waals surface area contributed by atoms with Crippen molar-refractivity contribution < 1.29 is 4.39 Å². The van der Waals surface area contributed by atoms with E-state index >= 15 is 0 Å². The van der Waals surface area contributed by atoms with Crippen LogP contribution in [0.1, 0.15) is 17.2 Å². The summed E-state index contributed by atoms with van der Waals surface area (Å²) in [6.45, 7) is 1.94. The molecular formula is C15H15BrFNS. The quantitative estimate of drug-likeness (QED) is 0.817. The highest BCUT2D eigenvalue weighted by atomic mass is 79.9. The van der Waals surface area contributed by atoms with E-state index in [1.165, 1.54) is 6.07 Å². The van der Waals surface area contributed by atoms with Crippen molar-refractivity contribution in [3.8, 4) is 0 Å². The fourth-order valence-corrected chi connectivity index (χ4v) is 2.90. The zero-order valence-corrected chi connectivity index (χ0v) is 13.0. The molecule has 0 aliphatic heterocycles. The summed E-state index contributed by atoms with van der Waals surface area (Å²) >= 11 is 5.03. The average Bonchev–Trinajstić information content (AvgIpc) is 2.40. The highest BCUT2D eigenvalue weighted by molar-refractivity contribution is 9.10. The monoisotopic (exact) mass is 339 g/mol. The second-order valence-electron chi connectivity index (χ2n) is 4.40. The lowest BCUT2D eigenvalue weighted by molar-refractivity contribution is 0.594. The fourth-order valence-electron chi connectivity index (χ4n) is 1.75. The Balaban J connectivity index is 2.03. The number of hydrogen-bond donors (Lipinski definition) is 1. The summed E-state index contributed by atoms with van der Waals surface area (Å²) in [5, 5.41) is 0. The molecule has 100 valence electrons. The van der Waals surface area contributed by atoms with Crippen LogP contribution >= 0.6 is 27.7 Å². The van der Waals surface area contributed by atoms with E-state index in [2.05, 4.69) is 15.9 Å². The Morgan fingerprint density at radius 1 is 1.21 bits per heavy atom. The van der Waals surface area contributed by atoms with Gasteiger partial charge in [-0.05, 0) is 37.3 Å². The number of hydrogen-bond acceptors (Lipinski definition) is 2. The molecule has 0 heterocycles. The van der Waals surface area contributed by atoms with Crippen LogP contribution in [0.2, 0.25) is 0 Å². The normalized spacial score (nSPS) is 12.4. The summed E-state index contributed by atoms with van der Waals surface area (Å²) < 4.78 is 14.8. The van der Waals surface area contributed by atoms with Gasteiger partial charge in [0.05, 0.1) is 0 Å². The smallest absolute Gasteiger partial charge is 0.128 e. The zero-order chi connectivity index (χ0) is 13.8. The standard InChI is InChI=1S/C15H15BrFNS/c1-10-2-7-14(17)13(8-10)15(18)9-19-12-5-3-11(16)4-6-12/h2-8,15H,9,18H2,1H3. The fraction of sp³-hybridized carbons (Fsp3) is 0.200. The van der Waals surface area contributed by atoms with Gasteiger partial charge in [0, 0.05) is 26.7 Å². The molecule has 2 aromatic carbocycles. The third kappa shape index (κ3) is 4.06. The molecule has 19 heavy (non-hydrogen) atoms. The van der Waals surface area contributed by atoms with Crippen molar-refractivity contribution in [3.05, 3.63) is 63.9 Å². The second kappa shape index (κ2) is 6.55. The molecule has 2 N–H and O–H groups in total. The highest BCUT2D eigenvalue weighted by Crippen LogP contribution is 2.26. The van der Waals surface area contributed by atoms with Crippen LogP contribution in [0.5, 0.6) is 0 Å². The van der Waals surface area contributed by atoms with Crippen molar-refractivity contribution in [1.29, 1.82) is 0 Å². The maximum absolute atomic E-state index is 13.7. The first kappa shape index (κ1) is 14.6. The number of rotatable bonds is 4. The molecule has 1 unspecified atom stereocenters. The molecule has 1 atom stereocenters. The van der Waals surface area contributed by atoms with Crippen LogP contribution in [0.3, 0.4) is 0 Å². The molecule has 0 aliphatic rings. The van der Waals surface area contributed by atoms with Crippen LogP contribution < -0.4 is 5.73 Å².